The molecule has 0 bridgehead atoms. The second kappa shape index (κ2) is 4.97. The van der Waals surface area contributed by atoms with Gasteiger partial charge in [-0.15, -0.1) is 6.58 Å². The van der Waals surface area contributed by atoms with Crippen LogP contribution in [-0.2, 0) is 14.4 Å². The number of hydrogen-bond acceptors (Lipinski definition) is 3. The molecule has 0 aromatic carbocycles. The highest BCUT2D eigenvalue weighted by molar-refractivity contribution is 5.77. The van der Waals surface area contributed by atoms with E-state index in [1.54, 1.807) is 7.05 Å². The topological polar surface area (TPSA) is 38.8 Å². The van der Waals surface area contributed by atoms with Gasteiger partial charge in [-0.2, -0.15) is 0 Å². The van der Waals surface area contributed by atoms with Gasteiger partial charge in [-0.3, -0.25) is 9.63 Å². The maximum Gasteiger partial charge on any atom is 0.251 e. The average Bonchev–Trinajstić information content (AvgIpc) is 2.69. The molecule has 1 amide bonds. The van der Waals surface area contributed by atoms with Gasteiger partial charge in [0, 0.05) is 7.05 Å². The molecule has 1 aliphatic heterocycles. The Kier molecular flexibility index (Phi) is 4.10. The number of nitrogens with zero attached hydrogens (tertiary/aromatic N) is 1. The summed E-state index contributed by atoms with van der Waals surface area (Å²) in [4.78, 5) is 16.7. The molecule has 0 aliphatic carbocycles. The van der Waals surface area contributed by atoms with Crippen molar-refractivity contribution >= 4 is 5.91 Å². The molecule has 1 rings (SSSR count). The quantitative estimate of drug-likeness (QED) is 0.542. The monoisotopic (exact) mass is 227 g/mol. The van der Waals surface area contributed by atoms with Crippen LogP contribution in [0.1, 0.15) is 26.7 Å². The largest absolute Gasteiger partial charge is 0.367 e. The van der Waals surface area contributed by atoms with Crippen LogP contribution in [-0.4, -0.2) is 36.8 Å². The zero-order valence-electron chi connectivity index (χ0n) is 10.5. The van der Waals surface area contributed by atoms with Crippen molar-refractivity contribution in [3.05, 3.63) is 12.7 Å². The van der Waals surface area contributed by atoms with E-state index in [1.165, 1.54) is 12.2 Å². The van der Waals surface area contributed by atoms with Crippen LogP contribution in [0.2, 0.25) is 0 Å². The van der Waals surface area contributed by atoms with Gasteiger partial charge in [0.05, 0.1) is 24.7 Å². The van der Waals surface area contributed by atoms with Crippen molar-refractivity contribution in [2.75, 3.05) is 14.2 Å². The molecule has 1 heterocycles. The number of carbonyl (C=O) groups excluding carboxylic acids is 1. The Morgan fingerprint density at radius 1 is 1.75 bits per heavy atom. The normalized spacial score (nSPS) is 31.1. The van der Waals surface area contributed by atoms with Gasteiger partial charge >= 0.3 is 0 Å². The Bertz CT molecular complexity index is 279. The highest BCUT2D eigenvalue weighted by atomic mass is 16.7. The number of carbonyl (C=O) groups is 1. The zero-order valence-corrected chi connectivity index (χ0v) is 10.5. The van der Waals surface area contributed by atoms with E-state index in [0.29, 0.717) is 0 Å². The van der Waals surface area contributed by atoms with Gasteiger partial charge in [0.25, 0.3) is 5.91 Å². The van der Waals surface area contributed by atoms with Crippen LogP contribution in [0, 0.1) is 5.92 Å². The molecule has 0 N–H and O–H groups in total. The molecule has 0 saturated carbocycles. The second-order valence-electron chi connectivity index (χ2n) is 4.52. The number of rotatable bonds is 4. The molecule has 1 fully saturated rings. The maximum atomic E-state index is 11.9. The van der Waals surface area contributed by atoms with Gasteiger partial charge in [-0.1, -0.05) is 13.0 Å². The van der Waals surface area contributed by atoms with E-state index in [2.05, 4.69) is 6.58 Å². The molecule has 3 atom stereocenters. The number of ether oxygens (including phenoxy) is 1. The summed E-state index contributed by atoms with van der Waals surface area (Å²) in [7, 11) is 3.09. The summed E-state index contributed by atoms with van der Waals surface area (Å²) in [6.07, 6.45) is 3.56. The Balaban J connectivity index is 2.60. The van der Waals surface area contributed by atoms with Crippen molar-refractivity contribution in [2.45, 2.75) is 38.4 Å². The van der Waals surface area contributed by atoms with Crippen LogP contribution >= 0.6 is 0 Å². The number of amides is 1. The van der Waals surface area contributed by atoms with Gasteiger partial charge in [0.15, 0.2) is 0 Å². The lowest BCUT2D eigenvalue weighted by Gasteiger charge is -2.25. The first-order valence-corrected chi connectivity index (χ1v) is 5.56. The fraction of sp³-hybridized carbons (Fsp3) is 0.750. The van der Waals surface area contributed by atoms with E-state index in [1.807, 2.05) is 19.9 Å². The van der Waals surface area contributed by atoms with Crippen LogP contribution in [0.3, 0.4) is 0 Å². The summed E-state index contributed by atoms with van der Waals surface area (Å²) in [5.74, 6) is -0.243. The molecule has 1 aliphatic rings. The minimum atomic E-state index is -0.287. The lowest BCUT2D eigenvalue weighted by atomic mass is 9.98. The lowest BCUT2D eigenvalue weighted by molar-refractivity contribution is -0.177. The first-order chi connectivity index (χ1) is 7.43. The standard InChI is InChI=1S/C12H21NO3/c1-6-12(3)8-7-10(16-12)9(2)11(14)13(4)15-5/h6,9-10H,1,7-8H2,2-5H3/t9-,10+,12+/m1/s1. The fourth-order valence-corrected chi connectivity index (χ4v) is 1.93. The Labute approximate surface area is 97.2 Å². The van der Waals surface area contributed by atoms with Crippen LogP contribution in [0.25, 0.3) is 0 Å². The van der Waals surface area contributed by atoms with Gasteiger partial charge in [0.1, 0.15) is 0 Å². The Morgan fingerprint density at radius 2 is 2.38 bits per heavy atom. The van der Waals surface area contributed by atoms with E-state index < -0.39 is 0 Å². The van der Waals surface area contributed by atoms with Crippen molar-refractivity contribution < 1.29 is 14.4 Å². The third kappa shape index (κ3) is 2.62. The molecule has 0 radical (unpaired) electrons. The minimum Gasteiger partial charge on any atom is -0.367 e. The maximum absolute atomic E-state index is 11.9. The fourth-order valence-electron chi connectivity index (χ4n) is 1.93. The smallest absolute Gasteiger partial charge is 0.251 e. The predicted octanol–water partition coefficient (Wildman–Crippen LogP) is 1.77. The van der Waals surface area contributed by atoms with Crippen LogP contribution in [0.4, 0.5) is 0 Å². The molecular formula is C12H21NO3. The Morgan fingerprint density at radius 3 is 2.81 bits per heavy atom. The van der Waals surface area contributed by atoms with Crippen LogP contribution in [0.15, 0.2) is 12.7 Å². The molecule has 1 saturated heterocycles. The third-order valence-corrected chi connectivity index (χ3v) is 3.31. The number of hydrogen-bond donors (Lipinski definition) is 0. The summed E-state index contributed by atoms with van der Waals surface area (Å²) < 4.78 is 5.85. The average molecular weight is 227 g/mol. The van der Waals surface area contributed by atoms with E-state index in [-0.39, 0.29) is 23.5 Å². The highest BCUT2D eigenvalue weighted by Gasteiger charge is 2.39. The summed E-state index contributed by atoms with van der Waals surface area (Å²) in [5.41, 5.74) is -0.287. The van der Waals surface area contributed by atoms with E-state index in [4.69, 9.17) is 9.57 Å². The third-order valence-electron chi connectivity index (χ3n) is 3.31. The SMILES string of the molecule is C=C[C@@]1(C)CC[C@@H]([C@@H](C)C(=O)N(C)OC)O1. The summed E-state index contributed by atoms with van der Waals surface area (Å²) in [6, 6.07) is 0. The first kappa shape index (κ1) is 13.2. The van der Waals surface area contributed by atoms with Crippen molar-refractivity contribution in [1.29, 1.82) is 0 Å². The van der Waals surface area contributed by atoms with E-state index in [9.17, 15) is 4.79 Å². The minimum absolute atomic E-state index is 0.0481. The molecule has 16 heavy (non-hydrogen) atoms. The molecule has 92 valence electrons. The zero-order chi connectivity index (χ0) is 12.3. The molecular weight excluding hydrogens is 206 g/mol. The van der Waals surface area contributed by atoms with Crippen LogP contribution in [0.5, 0.6) is 0 Å². The molecule has 4 heteroatoms. The first-order valence-electron chi connectivity index (χ1n) is 5.56. The molecule has 0 aromatic rings. The van der Waals surface area contributed by atoms with Crippen molar-refractivity contribution in [3.63, 3.8) is 0 Å². The molecule has 4 nitrogen and oxygen atoms in total. The summed E-state index contributed by atoms with van der Waals surface area (Å²) in [6.45, 7) is 7.63. The van der Waals surface area contributed by atoms with Gasteiger partial charge in [0.2, 0.25) is 0 Å². The van der Waals surface area contributed by atoms with Gasteiger partial charge in [-0.05, 0) is 19.8 Å². The van der Waals surface area contributed by atoms with Crippen molar-refractivity contribution in [2.24, 2.45) is 5.92 Å². The lowest BCUT2D eigenvalue weighted by Crippen LogP contribution is -2.37. The second-order valence-corrected chi connectivity index (χ2v) is 4.52. The van der Waals surface area contributed by atoms with Crippen molar-refractivity contribution in [1.82, 2.24) is 5.06 Å². The van der Waals surface area contributed by atoms with E-state index in [0.717, 1.165) is 12.8 Å². The van der Waals surface area contributed by atoms with E-state index >= 15 is 0 Å². The molecule has 0 aromatic heterocycles. The molecule has 0 unspecified atom stereocenters. The van der Waals surface area contributed by atoms with Crippen molar-refractivity contribution in [3.8, 4) is 0 Å². The van der Waals surface area contributed by atoms with Gasteiger partial charge in [-0.25, -0.2) is 5.06 Å². The Hall–Kier alpha value is -0.870. The highest BCUT2D eigenvalue weighted by Crippen LogP contribution is 2.34. The summed E-state index contributed by atoms with van der Waals surface area (Å²) >= 11 is 0. The van der Waals surface area contributed by atoms with Crippen LogP contribution < -0.4 is 0 Å². The predicted molar refractivity (Wildman–Crippen MR) is 61.7 cm³/mol. The van der Waals surface area contributed by atoms with Gasteiger partial charge < -0.3 is 4.74 Å². The summed E-state index contributed by atoms with van der Waals surface area (Å²) in [5, 5.41) is 1.25. The molecule has 0 spiro atoms. The number of hydroxylamine groups is 2.